The van der Waals surface area contributed by atoms with Crippen molar-refractivity contribution in [1.82, 2.24) is 0 Å². The Bertz CT molecular complexity index is 766. The van der Waals surface area contributed by atoms with Crippen molar-refractivity contribution in [2.24, 2.45) is 17.3 Å². The molecule has 0 aromatic rings. The van der Waals surface area contributed by atoms with Crippen molar-refractivity contribution in [2.75, 3.05) is 0 Å². The first kappa shape index (κ1) is 28.4. The molecular formula is C28H48O6Si. The first-order valence-electron chi connectivity index (χ1n) is 13.6. The predicted molar refractivity (Wildman–Crippen MR) is 140 cm³/mol. The van der Waals surface area contributed by atoms with Gasteiger partial charge in [0, 0.05) is 17.9 Å². The number of aliphatic hydroxyl groups excluding tert-OH is 1. The lowest BCUT2D eigenvalue weighted by molar-refractivity contribution is -0.145. The van der Waals surface area contributed by atoms with Crippen molar-refractivity contribution in [3.8, 4) is 0 Å². The number of carboxylic acid groups (broad SMARTS) is 1. The Morgan fingerprint density at radius 2 is 1.89 bits per heavy atom. The maximum Gasteiger partial charge on any atom is 0.304 e. The van der Waals surface area contributed by atoms with Gasteiger partial charge in [-0.1, -0.05) is 53.0 Å². The number of aliphatic hydroxyl groups is 1. The zero-order valence-electron chi connectivity index (χ0n) is 22.7. The van der Waals surface area contributed by atoms with Crippen LogP contribution in [0.5, 0.6) is 0 Å². The van der Waals surface area contributed by atoms with E-state index in [1.165, 1.54) is 32.1 Å². The highest BCUT2D eigenvalue weighted by molar-refractivity contribution is 6.74. The number of rotatable bonds is 10. The van der Waals surface area contributed by atoms with Gasteiger partial charge in [0.2, 0.25) is 6.29 Å². The standard InChI is InChI=1S/C28H48O6Si/c1-27(2,3)35(5,6)34-22(20-12-8-7-9-13-20)16-15-21-23(33-26-14-10-11-17-32-26)18-24(29)28(21,4)19-25(30)31/h10-11,14,17,20-24,26,29H,7-9,12-13,15-16,18-19H2,1-6H3,(H,30,31)/t21-,22+,23-,24+,26-,28?/m1/s1. The Hall–Kier alpha value is -1.15. The zero-order valence-corrected chi connectivity index (χ0v) is 23.7. The van der Waals surface area contributed by atoms with Crippen LogP contribution in [0.25, 0.3) is 0 Å². The van der Waals surface area contributed by atoms with Crippen LogP contribution in [-0.2, 0) is 18.7 Å². The molecule has 3 rings (SSSR count). The fourth-order valence-corrected chi connectivity index (χ4v) is 7.40. The third-order valence-electron chi connectivity index (χ3n) is 9.21. The van der Waals surface area contributed by atoms with Crippen LogP contribution in [0.2, 0.25) is 18.1 Å². The zero-order chi connectivity index (χ0) is 25.9. The quantitative estimate of drug-likeness (QED) is 0.332. The van der Waals surface area contributed by atoms with Crippen LogP contribution in [0.3, 0.4) is 0 Å². The molecule has 1 aliphatic heterocycles. The Kier molecular flexibility index (Phi) is 9.33. The number of allylic oxidation sites excluding steroid dienone is 2. The summed E-state index contributed by atoms with van der Waals surface area (Å²) in [5.41, 5.74) is -0.751. The molecular weight excluding hydrogens is 460 g/mol. The summed E-state index contributed by atoms with van der Waals surface area (Å²) in [5, 5.41) is 20.9. The van der Waals surface area contributed by atoms with Gasteiger partial charge in [-0.15, -0.1) is 0 Å². The Morgan fingerprint density at radius 1 is 1.20 bits per heavy atom. The summed E-state index contributed by atoms with van der Waals surface area (Å²) in [7, 11) is -1.97. The Balaban J connectivity index is 1.81. The molecule has 2 saturated carbocycles. The lowest BCUT2D eigenvalue weighted by Crippen LogP contribution is -2.46. The smallest absolute Gasteiger partial charge is 0.304 e. The number of carboxylic acids is 1. The minimum Gasteiger partial charge on any atom is -0.481 e. The van der Waals surface area contributed by atoms with E-state index in [9.17, 15) is 15.0 Å². The van der Waals surface area contributed by atoms with E-state index in [4.69, 9.17) is 13.9 Å². The SMILES string of the molecule is CC1(CC(=O)O)[C@H](CC[C@H](O[Si](C)(C)C(C)(C)C)C2CCCCC2)[C@H](O[C@@H]2C=CC=CO2)C[C@@H]1O. The number of aliphatic carboxylic acids is 1. The Morgan fingerprint density at radius 3 is 2.46 bits per heavy atom. The Labute approximate surface area is 213 Å². The number of carbonyl (C=O) groups is 1. The van der Waals surface area contributed by atoms with E-state index in [0.717, 1.165) is 12.8 Å². The molecule has 2 N–H and O–H groups in total. The van der Waals surface area contributed by atoms with Crippen molar-refractivity contribution in [1.29, 1.82) is 0 Å². The lowest BCUT2D eigenvalue weighted by atomic mass is 9.72. The van der Waals surface area contributed by atoms with Gasteiger partial charge in [-0.2, -0.15) is 0 Å². The summed E-state index contributed by atoms with van der Waals surface area (Å²) >= 11 is 0. The largest absolute Gasteiger partial charge is 0.481 e. The maximum atomic E-state index is 11.8. The topological polar surface area (TPSA) is 85.2 Å². The van der Waals surface area contributed by atoms with Gasteiger partial charge in [0.05, 0.1) is 24.9 Å². The highest BCUT2D eigenvalue weighted by Gasteiger charge is 2.54. The number of hydrogen-bond acceptors (Lipinski definition) is 5. The molecule has 7 heteroatoms. The van der Waals surface area contributed by atoms with E-state index in [1.54, 1.807) is 6.26 Å². The van der Waals surface area contributed by atoms with Crippen LogP contribution in [0.15, 0.2) is 24.5 Å². The third kappa shape index (κ3) is 6.99. The van der Waals surface area contributed by atoms with Gasteiger partial charge in [0.15, 0.2) is 8.32 Å². The van der Waals surface area contributed by atoms with Gasteiger partial charge in [-0.05, 0) is 67.8 Å². The summed E-state index contributed by atoms with van der Waals surface area (Å²) in [6, 6.07) is 0. The van der Waals surface area contributed by atoms with Crippen LogP contribution in [0, 0.1) is 17.3 Å². The normalized spacial score (nSPS) is 33.0. The first-order valence-corrected chi connectivity index (χ1v) is 16.5. The molecule has 0 aromatic heterocycles. The molecule has 1 unspecified atom stereocenters. The van der Waals surface area contributed by atoms with Crippen LogP contribution in [-0.4, -0.2) is 49.1 Å². The monoisotopic (exact) mass is 508 g/mol. The predicted octanol–water partition coefficient (Wildman–Crippen LogP) is 6.41. The van der Waals surface area contributed by atoms with Crippen LogP contribution >= 0.6 is 0 Å². The molecule has 35 heavy (non-hydrogen) atoms. The number of hydrogen-bond donors (Lipinski definition) is 2. The molecule has 0 bridgehead atoms. The minimum absolute atomic E-state index is 0.0723. The van der Waals surface area contributed by atoms with E-state index >= 15 is 0 Å². The molecule has 0 amide bonds. The van der Waals surface area contributed by atoms with E-state index in [-0.39, 0.29) is 29.6 Å². The highest BCUT2D eigenvalue weighted by atomic mass is 28.4. The molecule has 0 radical (unpaired) electrons. The van der Waals surface area contributed by atoms with Gasteiger partial charge >= 0.3 is 5.97 Å². The molecule has 0 saturated heterocycles. The lowest BCUT2D eigenvalue weighted by Gasteiger charge is -2.43. The maximum absolute atomic E-state index is 11.8. The van der Waals surface area contributed by atoms with Crippen LogP contribution in [0.1, 0.15) is 85.5 Å². The molecule has 6 atom stereocenters. The summed E-state index contributed by atoms with van der Waals surface area (Å²) < 4.78 is 18.9. The molecule has 1 heterocycles. The molecule has 200 valence electrons. The van der Waals surface area contributed by atoms with Crippen molar-refractivity contribution >= 4 is 14.3 Å². The van der Waals surface area contributed by atoms with Gasteiger partial charge in [-0.3, -0.25) is 4.79 Å². The van der Waals surface area contributed by atoms with E-state index in [0.29, 0.717) is 12.3 Å². The minimum atomic E-state index is -1.97. The first-order chi connectivity index (χ1) is 16.3. The fourth-order valence-electron chi connectivity index (χ4n) is 5.98. The van der Waals surface area contributed by atoms with Crippen LogP contribution < -0.4 is 0 Å². The third-order valence-corrected chi connectivity index (χ3v) is 13.7. The van der Waals surface area contributed by atoms with Crippen molar-refractivity contribution in [3.05, 3.63) is 24.5 Å². The highest BCUT2D eigenvalue weighted by Crippen LogP contribution is 2.51. The second-order valence-corrected chi connectivity index (χ2v) is 17.5. The molecule has 2 fully saturated rings. The second kappa shape index (κ2) is 11.5. The summed E-state index contributed by atoms with van der Waals surface area (Å²) in [5.74, 6) is -0.426. The van der Waals surface area contributed by atoms with E-state index in [1.807, 2.05) is 25.2 Å². The summed E-state index contributed by atoms with van der Waals surface area (Å²) in [4.78, 5) is 11.8. The molecule has 3 aliphatic rings. The molecule has 2 aliphatic carbocycles. The number of ether oxygens (including phenoxy) is 2. The van der Waals surface area contributed by atoms with E-state index in [2.05, 4.69) is 33.9 Å². The second-order valence-electron chi connectivity index (χ2n) is 12.7. The average molecular weight is 509 g/mol. The van der Waals surface area contributed by atoms with Gasteiger partial charge in [0.25, 0.3) is 0 Å². The van der Waals surface area contributed by atoms with E-state index < -0.39 is 32.1 Å². The van der Waals surface area contributed by atoms with Gasteiger partial charge in [0.1, 0.15) is 0 Å². The van der Waals surface area contributed by atoms with Crippen LogP contribution in [0.4, 0.5) is 0 Å². The molecule has 0 spiro atoms. The summed E-state index contributed by atoms with van der Waals surface area (Å²) in [6.07, 6.45) is 14.0. The average Bonchev–Trinajstić information content (AvgIpc) is 2.99. The fraction of sp³-hybridized carbons (Fsp3) is 0.821. The van der Waals surface area contributed by atoms with Crippen molar-refractivity contribution < 1.29 is 28.9 Å². The van der Waals surface area contributed by atoms with Crippen molar-refractivity contribution in [3.63, 3.8) is 0 Å². The molecule has 0 aromatic carbocycles. The van der Waals surface area contributed by atoms with Gasteiger partial charge < -0.3 is 24.1 Å². The summed E-state index contributed by atoms with van der Waals surface area (Å²) in [6.45, 7) is 13.4. The van der Waals surface area contributed by atoms with Crippen molar-refractivity contribution in [2.45, 2.75) is 128 Å². The van der Waals surface area contributed by atoms with Gasteiger partial charge in [-0.25, -0.2) is 0 Å². The molecule has 6 nitrogen and oxygen atoms in total.